The lowest BCUT2D eigenvalue weighted by Crippen LogP contribution is -2.48. The van der Waals surface area contributed by atoms with Crippen molar-refractivity contribution in [2.24, 2.45) is 0 Å². The molecule has 0 aliphatic rings. The Morgan fingerprint density at radius 2 is 1.93 bits per heavy atom. The fourth-order valence-corrected chi connectivity index (χ4v) is 1.57. The van der Waals surface area contributed by atoms with Crippen LogP contribution in [0.2, 0.25) is 0 Å². The molecule has 1 amide bonds. The molecule has 0 unspecified atom stereocenters. The molecule has 0 aliphatic carbocycles. The van der Waals surface area contributed by atoms with Gasteiger partial charge in [-0.05, 0) is 0 Å². The normalized spacial score (nSPS) is 13.2. The maximum atomic E-state index is 11.1. The molecule has 88 valence electrons. The molecule has 0 fully saturated rings. The van der Waals surface area contributed by atoms with Crippen molar-refractivity contribution in [2.75, 3.05) is 12.3 Å². The van der Waals surface area contributed by atoms with Gasteiger partial charge in [0.05, 0.1) is 0 Å². The maximum absolute atomic E-state index is 11.1. The van der Waals surface area contributed by atoms with E-state index in [0.717, 1.165) is 0 Å². The summed E-state index contributed by atoms with van der Waals surface area (Å²) in [7, 11) is -4.53. The van der Waals surface area contributed by atoms with Gasteiger partial charge in [0, 0.05) is 5.75 Å². The smallest absolute Gasteiger partial charge is 0.334 e. The van der Waals surface area contributed by atoms with Crippen LogP contribution in [0.3, 0.4) is 0 Å². The third-order valence-corrected chi connectivity index (χ3v) is 2.15. The Hall–Kier alpha value is -0.840. The summed E-state index contributed by atoms with van der Waals surface area (Å²) < 4.78 is 30.7. The summed E-state index contributed by atoms with van der Waals surface area (Å²) in [5.41, 5.74) is 0. The summed E-state index contributed by atoms with van der Waals surface area (Å²) in [6.45, 7) is -0.643. The minimum absolute atomic E-state index is 0.217. The average Bonchev–Trinajstić information content (AvgIpc) is 2.08. The molecule has 4 N–H and O–H groups in total. The van der Waals surface area contributed by atoms with Crippen molar-refractivity contribution in [1.29, 1.82) is 0 Å². The van der Waals surface area contributed by atoms with E-state index in [9.17, 15) is 18.0 Å². The van der Waals surface area contributed by atoms with Crippen molar-refractivity contribution in [1.82, 2.24) is 10.0 Å². The Labute approximate surface area is 91.3 Å². The van der Waals surface area contributed by atoms with Gasteiger partial charge in [-0.25, -0.2) is 0 Å². The van der Waals surface area contributed by atoms with Gasteiger partial charge < -0.3 is 10.4 Å². The van der Waals surface area contributed by atoms with E-state index >= 15 is 0 Å². The van der Waals surface area contributed by atoms with E-state index in [1.807, 2.05) is 5.32 Å². The predicted molar refractivity (Wildman–Crippen MR) is 53.0 cm³/mol. The van der Waals surface area contributed by atoms with Crippen LogP contribution in [0.15, 0.2) is 0 Å². The van der Waals surface area contributed by atoms with E-state index in [2.05, 4.69) is 12.6 Å². The Bertz CT molecular complexity index is 339. The summed E-state index contributed by atoms with van der Waals surface area (Å²) in [5.74, 6) is -2.37. The first kappa shape index (κ1) is 14.2. The minimum Gasteiger partial charge on any atom is -0.480 e. The fourth-order valence-electron chi connectivity index (χ4n) is 0.639. The molecule has 0 rings (SSSR count). The quantitative estimate of drug-likeness (QED) is 0.273. The number of aliphatic carboxylic acids is 1. The van der Waals surface area contributed by atoms with E-state index in [0.29, 0.717) is 0 Å². The van der Waals surface area contributed by atoms with E-state index in [4.69, 9.17) is 9.66 Å². The van der Waals surface area contributed by atoms with Gasteiger partial charge in [-0.2, -0.15) is 25.8 Å². The molecule has 0 saturated heterocycles. The van der Waals surface area contributed by atoms with E-state index in [-0.39, 0.29) is 5.75 Å². The average molecular weight is 258 g/mol. The van der Waals surface area contributed by atoms with Gasteiger partial charge in [-0.1, -0.05) is 0 Å². The summed E-state index contributed by atoms with van der Waals surface area (Å²) in [4.78, 5) is 21.2. The van der Waals surface area contributed by atoms with Gasteiger partial charge in [0.1, 0.15) is 12.6 Å². The second-order valence-corrected chi connectivity index (χ2v) is 3.99. The molecule has 8 nitrogen and oxygen atoms in total. The molecule has 10 heteroatoms. The summed E-state index contributed by atoms with van der Waals surface area (Å²) in [6, 6.07) is -1.32. The second kappa shape index (κ2) is 5.90. The standard InChI is InChI=1S/C5H10N2O6S2/c8-4(9)1-6-5(10)3(2-14)7-15(11,12)13/h3,7,14H,1-2H2,(H,6,10)(H,8,9)(H,11,12,13)/t3-/m0/s1. The predicted octanol–water partition coefficient (Wildman–Crippen LogP) is -2.12. The Morgan fingerprint density at radius 1 is 1.40 bits per heavy atom. The van der Waals surface area contributed by atoms with Crippen LogP contribution < -0.4 is 10.0 Å². The molecule has 0 aromatic carbocycles. The highest BCUT2D eigenvalue weighted by molar-refractivity contribution is 7.84. The molecule has 0 saturated carbocycles. The van der Waals surface area contributed by atoms with Crippen LogP contribution in [0.1, 0.15) is 0 Å². The number of rotatable bonds is 6. The lowest BCUT2D eigenvalue weighted by Gasteiger charge is -2.12. The number of carboxylic acids is 1. The molecule has 0 aromatic heterocycles. The van der Waals surface area contributed by atoms with Crippen LogP contribution in [0.25, 0.3) is 0 Å². The number of hydrogen-bond acceptors (Lipinski definition) is 5. The van der Waals surface area contributed by atoms with Crippen LogP contribution in [0.4, 0.5) is 0 Å². The molecule has 0 aliphatic heterocycles. The van der Waals surface area contributed by atoms with Gasteiger partial charge in [0.2, 0.25) is 5.91 Å². The summed E-state index contributed by atoms with van der Waals surface area (Å²) >= 11 is 3.67. The van der Waals surface area contributed by atoms with Crippen molar-refractivity contribution >= 4 is 34.8 Å². The van der Waals surface area contributed by atoms with Crippen LogP contribution in [0.5, 0.6) is 0 Å². The van der Waals surface area contributed by atoms with Gasteiger partial charge in [0.15, 0.2) is 0 Å². The fraction of sp³-hybridized carbons (Fsp3) is 0.600. The molecule has 1 atom stereocenters. The summed E-state index contributed by atoms with van der Waals surface area (Å²) in [5, 5.41) is 10.2. The lowest BCUT2D eigenvalue weighted by molar-refractivity contribution is -0.138. The molecule has 15 heavy (non-hydrogen) atoms. The molecular weight excluding hydrogens is 248 g/mol. The van der Waals surface area contributed by atoms with E-state index < -0.39 is 34.8 Å². The number of carbonyl (C=O) groups is 2. The Morgan fingerprint density at radius 3 is 2.27 bits per heavy atom. The number of thiol groups is 1. The molecule has 0 spiro atoms. The summed E-state index contributed by atoms with van der Waals surface area (Å²) in [6.07, 6.45) is 0. The lowest BCUT2D eigenvalue weighted by atomic mass is 10.3. The van der Waals surface area contributed by atoms with Crippen molar-refractivity contribution in [3.63, 3.8) is 0 Å². The third kappa shape index (κ3) is 7.13. The number of carboxylic acid groups (broad SMARTS) is 1. The van der Waals surface area contributed by atoms with Gasteiger partial charge >= 0.3 is 16.3 Å². The largest absolute Gasteiger partial charge is 0.480 e. The number of hydrogen-bond donors (Lipinski definition) is 5. The van der Waals surface area contributed by atoms with Crippen molar-refractivity contribution in [3.8, 4) is 0 Å². The molecule has 0 radical (unpaired) electrons. The minimum atomic E-state index is -4.53. The van der Waals surface area contributed by atoms with E-state index in [1.54, 1.807) is 4.72 Å². The highest BCUT2D eigenvalue weighted by atomic mass is 32.2. The van der Waals surface area contributed by atoms with Crippen molar-refractivity contribution < 1.29 is 27.7 Å². The molecule has 0 heterocycles. The van der Waals surface area contributed by atoms with Crippen molar-refractivity contribution in [3.05, 3.63) is 0 Å². The number of nitrogens with one attached hydrogen (secondary N) is 2. The third-order valence-electron chi connectivity index (χ3n) is 1.20. The number of amides is 1. The van der Waals surface area contributed by atoms with Crippen LogP contribution in [-0.2, 0) is 19.9 Å². The highest BCUT2D eigenvalue weighted by Crippen LogP contribution is 1.91. The van der Waals surface area contributed by atoms with Crippen LogP contribution >= 0.6 is 12.6 Å². The van der Waals surface area contributed by atoms with Crippen molar-refractivity contribution in [2.45, 2.75) is 6.04 Å². The first-order valence-corrected chi connectivity index (χ1v) is 5.68. The molecular formula is C5H10N2O6S2. The van der Waals surface area contributed by atoms with Crippen LogP contribution in [-0.4, -0.2) is 48.3 Å². The zero-order valence-corrected chi connectivity index (χ0v) is 9.09. The van der Waals surface area contributed by atoms with Gasteiger partial charge in [-0.15, -0.1) is 0 Å². The second-order valence-electron chi connectivity index (χ2n) is 2.44. The first-order valence-electron chi connectivity index (χ1n) is 3.61. The monoisotopic (exact) mass is 258 g/mol. The first-order chi connectivity index (χ1) is 6.76. The molecule has 0 aromatic rings. The zero-order valence-electron chi connectivity index (χ0n) is 7.37. The zero-order chi connectivity index (χ0) is 12.1. The van der Waals surface area contributed by atoms with Gasteiger partial charge in [-0.3, -0.25) is 14.1 Å². The topological polar surface area (TPSA) is 133 Å². The Kier molecular flexibility index (Phi) is 5.57. The Balaban J connectivity index is 4.29. The number of carbonyl (C=O) groups excluding carboxylic acids is 1. The SMILES string of the molecule is O=C(O)CNC(=O)[C@H](CS)NS(=O)(=O)O. The van der Waals surface area contributed by atoms with Gasteiger partial charge in [0.25, 0.3) is 0 Å². The molecule has 0 bridgehead atoms. The van der Waals surface area contributed by atoms with E-state index in [1.165, 1.54) is 0 Å². The maximum Gasteiger partial charge on any atom is 0.334 e. The highest BCUT2D eigenvalue weighted by Gasteiger charge is 2.21. The van der Waals surface area contributed by atoms with Crippen LogP contribution in [0, 0.1) is 0 Å².